The van der Waals surface area contributed by atoms with Gasteiger partial charge in [-0.1, -0.05) is 13.8 Å². The first-order valence-electron chi connectivity index (χ1n) is 4.72. The maximum atomic E-state index is 10.5. The monoisotopic (exact) mass is 189 g/mol. The lowest BCUT2D eigenvalue weighted by Gasteiger charge is -2.27. The van der Waals surface area contributed by atoms with Crippen LogP contribution in [0.1, 0.15) is 26.7 Å². The average Bonchev–Trinajstić information content (AvgIpc) is 2.05. The SMILES string of the molecule is CCC(CC)N(CCO)CC(=O)O. The fraction of sp³-hybridized carbons (Fsp3) is 0.889. The van der Waals surface area contributed by atoms with E-state index in [1.165, 1.54) is 0 Å². The first kappa shape index (κ1) is 12.4. The Hall–Kier alpha value is -0.610. The van der Waals surface area contributed by atoms with Gasteiger partial charge in [-0.25, -0.2) is 0 Å². The van der Waals surface area contributed by atoms with E-state index in [0.717, 1.165) is 12.8 Å². The average molecular weight is 189 g/mol. The number of carboxylic acids is 1. The summed E-state index contributed by atoms with van der Waals surface area (Å²) in [7, 11) is 0. The van der Waals surface area contributed by atoms with Gasteiger partial charge in [-0.15, -0.1) is 0 Å². The van der Waals surface area contributed by atoms with Crippen molar-refractivity contribution in [2.75, 3.05) is 19.7 Å². The molecular weight excluding hydrogens is 170 g/mol. The first-order chi connectivity index (χ1) is 6.15. The molecule has 0 unspecified atom stereocenters. The summed E-state index contributed by atoms with van der Waals surface area (Å²) in [5, 5.41) is 17.4. The molecule has 0 aliphatic rings. The normalized spacial score (nSPS) is 11.2. The molecule has 4 nitrogen and oxygen atoms in total. The number of aliphatic hydroxyl groups excluding tert-OH is 1. The number of rotatable bonds is 7. The van der Waals surface area contributed by atoms with Gasteiger partial charge < -0.3 is 10.2 Å². The highest BCUT2D eigenvalue weighted by Gasteiger charge is 2.16. The number of hydrogen-bond acceptors (Lipinski definition) is 3. The molecule has 0 spiro atoms. The molecule has 0 aliphatic carbocycles. The summed E-state index contributed by atoms with van der Waals surface area (Å²) >= 11 is 0. The Morgan fingerprint density at radius 1 is 1.38 bits per heavy atom. The van der Waals surface area contributed by atoms with Gasteiger partial charge in [0.05, 0.1) is 13.2 Å². The van der Waals surface area contributed by atoms with Gasteiger partial charge in [-0.3, -0.25) is 9.69 Å². The van der Waals surface area contributed by atoms with Crippen LogP contribution < -0.4 is 0 Å². The summed E-state index contributed by atoms with van der Waals surface area (Å²) in [6, 6.07) is 0.267. The van der Waals surface area contributed by atoms with Crippen LogP contribution in [0, 0.1) is 0 Å². The molecule has 0 aromatic heterocycles. The second-order valence-electron chi connectivity index (χ2n) is 3.06. The number of aliphatic hydroxyl groups is 1. The molecule has 0 aromatic rings. The van der Waals surface area contributed by atoms with Crippen molar-refractivity contribution in [2.45, 2.75) is 32.7 Å². The summed E-state index contributed by atoms with van der Waals surface area (Å²) in [5.74, 6) is -0.833. The van der Waals surface area contributed by atoms with Gasteiger partial charge in [-0.2, -0.15) is 0 Å². The van der Waals surface area contributed by atoms with Crippen LogP contribution in [-0.4, -0.2) is 46.8 Å². The lowest BCUT2D eigenvalue weighted by atomic mass is 10.1. The van der Waals surface area contributed by atoms with E-state index in [1.54, 1.807) is 0 Å². The largest absolute Gasteiger partial charge is 0.480 e. The highest BCUT2D eigenvalue weighted by molar-refractivity contribution is 5.69. The summed E-state index contributed by atoms with van der Waals surface area (Å²) in [6.07, 6.45) is 1.84. The Balaban J connectivity index is 4.11. The van der Waals surface area contributed by atoms with Gasteiger partial charge in [0.1, 0.15) is 0 Å². The van der Waals surface area contributed by atoms with Crippen LogP contribution in [0.15, 0.2) is 0 Å². The first-order valence-corrected chi connectivity index (χ1v) is 4.72. The molecule has 2 N–H and O–H groups in total. The molecule has 0 fully saturated rings. The highest BCUT2D eigenvalue weighted by Crippen LogP contribution is 2.07. The van der Waals surface area contributed by atoms with Gasteiger partial charge in [0.2, 0.25) is 0 Å². The smallest absolute Gasteiger partial charge is 0.317 e. The number of carboxylic acid groups (broad SMARTS) is 1. The number of aliphatic carboxylic acids is 1. The highest BCUT2D eigenvalue weighted by atomic mass is 16.4. The Kier molecular flexibility index (Phi) is 6.54. The van der Waals surface area contributed by atoms with Crippen LogP contribution in [0.3, 0.4) is 0 Å². The minimum absolute atomic E-state index is 0.0176. The zero-order valence-corrected chi connectivity index (χ0v) is 8.36. The van der Waals surface area contributed by atoms with E-state index in [9.17, 15) is 4.79 Å². The number of carbonyl (C=O) groups is 1. The molecule has 0 rings (SSSR count). The third kappa shape index (κ3) is 4.85. The Labute approximate surface area is 79.2 Å². The van der Waals surface area contributed by atoms with E-state index in [1.807, 2.05) is 18.7 Å². The van der Waals surface area contributed by atoms with E-state index in [2.05, 4.69) is 0 Å². The van der Waals surface area contributed by atoms with E-state index in [0.29, 0.717) is 6.54 Å². The van der Waals surface area contributed by atoms with Crippen molar-refractivity contribution in [1.82, 2.24) is 4.90 Å². The minimum atomic E-state index is -0.833. The molecule has 0 heterocycles. The molecule has 0 saturated heterocycles. The molecule has 0 aliphatic heterocycles. The fourth-order valence-electron chi connectivity index (χ4n) is 1.50. The molecule has 0 aromatic carbocycles. The van der Waals surface area contributed by atoms with Gasteiger partial charge in [0, 0.05) is 12.6 Å². The van der Waals surface area contributed by atoms with Crippen molar-refractivity contribution in [3.8, 4) is 0 Å². The van der Waals surface area contributed by atoms with Gasteiger partial charge in [0.25, 0.3) is 0 Å². The quantitative estimate of drug-likeness (QED) is 0.614. The lowest BCUT2D eigenvalue weighted by Crippen LogP contribution is -2.40. The molecule has 78 valence electrons. The van der Waals surface area contributed by atoms with Crippen LogP contribution in [-0.2, 0) is 4.79 Å². The van der Waals surface area contributed by atoms with E-state index in [-0.39, 0.29) is 19.2 Å². The van der Waals surface area contributed by atoms with Crippen molar-refractivity contribution >= 4 is 5.97 Å². The Morgan fingerprint density at radius 3 is 2.23 bits per heavy atom. The zero-order chi connectivity index (χ0) is 10.3. The van der Waals surface area contributed by atoms with E-state index < -0.39 is 5.97 Å². The molecule has 0 bridgehead atoms. The number of hydrogen-bond donors (Lipinski definition) is 2. The Morgan fingerprint density at radius 2 is 1.92 bits per heavy atom. The Bertz CT molecular complexity index is 146. The second kappa shape index (κ2) is 6.86. The lowest BCUT2D eigenvalue weighted by molar-refractivity contribution is -0.139. The fourth-order valence-corrected chi connectivity index (χ4v) is 1.50. The predicted octanol–water partition coefficient (Wildman–Crippen LogP) is 0.554. The van der Waals surface area contributed by atoms with E-state index >= 15 is 0 Å². The third-order valence-electron chi connectivity index (χ3n) is 2.18. The van der Waals surface area contributed by atoms with Crippen molar-refractivity contribution in [3.63, 3.8) is 0 Å². The third-order valence-corrected chi connectivity index (χ3v) is 2.18. The molecule has 0 saturated carbocycles. The zero-order valence-electron chi connectivity index (χ0n) is 8.36. The maximum absolute atomic E-state index is 10.5. The summed E-state index contributed by atoms with van der Waals surface area (Å²) < 4.78 is 0. The molecule has 13 heavy (non-hydrogen) atoms. The standard InChI is InChI=1S/C9H19NO3/c1-3-8(4-2)10(5-6-11)7-9(12)13/h8,11H,3-7H2,1-2H3,(H,12,13). The minimum Gasteiger partial charge on any atom is -0.480 e. The van der Waals surface area contributed by atoms with Crippen molar-refractivity contribution in [1.29, 1.82) is 0 Å². The van der Waals surface area contributed by atoms with Gasteiger partial charge >= 0.3 is 5.97 Å². The topological polar surface area (TPSA) is 60.8 Å². The van der Waals surface area contributed by atoms with Crippen LogP contribution in [0.5, 0.6) is 0 Å². The molecule has 0 atom stereocenters. The van der Waals surface area contributed by atoms with Crippen molar-refractivity contribution in [3.05, 3.63) is 0 Å². The molecule has 4 heteroatoms. The molecule has 0 radical (unpaired) electrons. The molecular formula is C9H19NO3. The van der Waals surface area contributed by atoms with Crippen molar-refractivity contribution < 1.29 is 15.0 Å². The van der Waals surface area contributed by atoms with Crippen molar-refractivity contribution in [2.24, 2.45) is 0 Å². The molecule has 0 amide bonds. The predicted molar refractivity (Wildman–Crippen MR) is 50.7 cm³/mol. The van der Waals surface area contributed by atoms with Crippen LogP contribution >= 0.6 is 0 Å². The maximum Gasteiger partial charge on any atom is 0.317 e. The van der Waals surface area contributed by atoms with Crippen LogP contribution in [0.25, 0.3) is 0 Å². The van der Waals surface area contributed by atoms with Crippen LogP contribution in [0.2, 0.25) is 0 Å². The van der Waals surface area contributed by atoms with E-state index in [4.69, 9.17) is 10.2 Å². The number of nitrogens with zero attached hydrogens (tertiary/aromatic N) is 1. The second-order valence-corrected chi connectivity index (χ2v) is 3.06. The summed E-state index contributed by atoms with van der Waals surface area (Å²) in [4.78, 5) is 12.3. The summed E-state index contributed by atoms with van der Waals surface area (Å²) in [6.45, 7) is 4.54. The summed E-state index contributed by atoms with van der Waals surface area (Å²) in [5.41, 5.74) is 0. The van der Waals surface area contributed by atoms with Gasteiger partial charge in [-0.05, 0) is 12.8 Å². The van der Waals surface area contributed by atoms with Crippen LogP contribution in [0.4, 0.5) is 0 Å². The van der Waals surface area contributed by atoms with Gasteiger partial charge in [0.15, 0.2) is 0 Å².